The van der Waals surface area contributed by atoms with Crippen LogP contribution in [0.1, 0.15) is 36.5 Å². The summed E-state index contributed by atoms with van der Waals surface area (Å²) in [6.45, 7) is 7.02. The highest BCUT2D eigenvalue weighted by Gasteiger charge is 2.40. The number of aryl methyl sites for hydroxylation is 2. The zero-order valence-electron chi connectivity index (χ0n) is 16.7. The van der Waals surface area contributed by atoms with Crippen LogP contribution in [-0.2, 0) is 21.4 Å². The highest BCUT2D eigenvalue weighted by molar-refractivity contribution is 7.89. The molecule has 0 atom stereocenters. The maximum absolute atomic E-state index is 12.9. The first kappa shape index (κ1) is 20.6. The maximum Gasteiger partial charge on any atom is 0.243 e. The second kappa shape index (κ2) is 8.05. The van der Waals surface area contributed by atoms with Crippen LogP contribution >= 0.6 is 0 Å². The number of nitrogens with one attached hydrogen (secondary N) is 1. The van der Waals surface area contributed by atoms with Crippen LogP contribution in [0.5, 0.6) is 0 Å². The first-order valence-corrected chi connectivity index (χ1v) is 11.1. The van der Waals surface area contributed by atoms with Gasteiger partial charge in [-0.05, 0) is 49.9 Å². The Bertz CT molecular complexity index is 944. The largest absolute Gasteiger partial charge is 0.352 e. The first-order chi connectivity index (χ1) is 13.2. The quantitative estimate of drug-likeness (QED) is 0.836. The molecule has 2 aromatic rings. The summed E-state index contributed by atoms with van der Waals surface area (Å²) in [6.07, 6.45) is 1.02. The molecule has 0 unspecified atom stereocenters. The molecule has 2 aromatic carbocycles. The lowest BCUT2D eigenvalue weighted by molar-refractivity contribution is -0.132. The number of nitrogens with zero attached hydrogens (tertiary/aromatic N) is 1. The number of hydrogen-bond acceptors (Lipinski definition) is 3. The molecule has 1 aliphatic rings. The van der Waals surface area contributed by atoms with Crippen molar-refractivity contribution in [2.75, 3.05) is 13.1 Å². The van der Waals surface area contributed by atoms with Gasteiger partial charge in [0.15, 0.2) is 0 Å². The van der Waals surface area contributed by atoms with Crippen LogP contribution in [0.4, 0.5) is 0 Å². The highest BCUT2D eigenvalue weighted by atomic mass is 32.2. The van der Waals surface area contributed by atoms with E-state index in [-0.39, 0.29) is 5.91 Å². The monoisotopic (exact) mass is 400 g/mol. The van der Waals surface area contributed by atoms with Gasteiger partial charge in [0.1, 0.15) is 0 Å². The predicted octanol–water partition coefficient (Wildman–Crippen LogP) is 3.41. The van der Waals surface area contributed by atoms with E-state index in [0.717, 1.165) is 11.1 Å². The molecule has 0 radical (unpaired) electrons. The average molecular weight is 401 g/mol. The average Bonchev–Trinajstić information content (AvgIpc) is 2.67. The molecule has 1 heterocycles. The van der Waals surface area contributed by atoms with Crippen LogP contribution in [0.15, 0.2) is 53.4 Å². The second-order valence-corrected chi connectivity index (χ2v) is 9.89. The van der Waals surface area contributed by atoms with Crippen molar-refractivity contribution in [3.05, 3.63) is 65.2 Å². The van der Waals surface area contributed by atoms with E-state index in [1.807, 2.05) is 51.1 Å². The summed E-state index contributed by atoms with van der Waals surface area (Å²) in [7, 11) is -3.52. The predicted molar refractivity (Wildman–Crippen MR) is 110 cm³/mol. The van der Waals surface area contributed by atoms with Gasteiger partial charge in [-0.25, -0.2) is 8.42 Å². The van der Waals surface area contributed by atoms with Crippen LogP contribution < -0.4 is 5.32 Å². The van der Waals surface area contributed by atoms with E-state index in [2.05, 4.69) is 5.32 Å². The van der Waals surface area contributed by atoms with Gasteiger partial charge in [0.25, 0.3) is 0 Å². The van der Waals surface area contributed by atoms with Crippen molar-refractivity contribution in [1.82, 2.24) is 9.62 Å². The van der Waals surface area contributed by atoms with Crippen molar-refractivity contribution in [2.24, 2.45) is 5.41 Å². The Morgan fingerprint density at radius 2 is 1.68 bits per heavy atom. The van der Waals surface area contributed by atoms with Crippen molar-refractivity contribution in [2.45, 2.75) is 45.1 Å². The Hall–Kier alpha value is -2.18. The minimum atomic E-state index is -3.52. The van der Waals surface area contributed by atoms with Gasteiger partial charge >= 0.3 is 0 Å². The summed E-state index contributed by atoms with van der Waals surface area (Å²) in [6, 6.07) is 15.0. The van der Waals surface area contributed by atoms with E-state index in [1.54, 1.807) is 18.2 Å². The maximum atomic E-state index is 12.9. The number of rotatable bonds is 5. The molecule has 1 amide bonds. The summed E-state index contributed by atoms with van der Waals surface area (Å²) in [5.41, 5.74) is 2.60. The van der Waals surface area contributed by atoms with Crippen LogP contribution in [0, 0.1) is 19.3 Å². The van der Waals surface area contributed by atoms with Gasteiger partial charge < -0.3 is 5.32 Å². The minimum absolute atomic E-state index is 0.0133. The third-order valence-electron chi connectivity index (χ3n) is 5.58. The Morgan fingerprint density at radius 1 is 1.04 bits per heavy atom. The lowest BCUT2D eigenvalue weighted by atomic mass is 9.80. The van der Waals surface area contributed by atoms with Gasteiger partial charge in [-0.3, -0.25) is 4.79 Å². The van der Waals surface area contributed by atoms with Crippen LogP contribution in [0.2, 0.25) is 0 Å². The molecule has 0 bridgehead atoms. The third-order valence-corrected chi connectivity index (χ3v) is 7.47. The summed E-state index contributed by atoms with van der Waals surface area (Å²) in [4.78, 5) is 13.1. The summed E-state index contributed by atoms with van der Waals surface area (Å²) in [5.74, 6) is -0.0133. The van der Waals surface area contributed by atoms with E-state index in [9.17, 15) is 13.2 Å². The zero-order chi connectivity index (χ0) is 20.4. The van der Waals surface area contributed by atoms with Crippen molar-refractivity contribution in [3.8, 4) is 0 Å². The lowest BCUT2D eigenvalue weighted by Gasteiger charge is -2.37. The number of benzene rings is 2. The van der Waals surface area contributed by atoms with E-state index < -0.39 is 15.4 Å². The van der Waals surface area contributed by atoms with Crippen molar-refractivity contribution in [1.29, 1.82) is 0 Å². The Labute approximate surface area is 167 Å². The van der Waals surface area contributed by atoms with E-state index in [0.29, 0.717) is 37.4 Å². The number of hydrogen-bond donors (Lipinski definition) is 1. The fraction of sp³-hybridized carbons (Fsp3) is 0.409. The van der Waals surface area contributed by atoms with Crippen molar-refractivity contribution >= 4 is 15.9 Å². The molecule has 5 nitrogen and oxygen atoms in total. The molecule has 3 rings (SSSR count). The molecule has 1 aliphatic heterocycles. The number of amides is 1. The van der Waals surface area contributed by atoms with Gasteiger partial charge in [0.05, 0.1) is 4.90 Å². The van der Waals surface area contributed by atoms with Crippen LogP contribution in [-0.4, -0.2) is 31.7 Å². The minimum Gasteiger partial charge on any atom is -0.352 e. The van der Waals surface area contributed by atoms with Crippen molar-refractivity contribution in [3.63, 3.8) is 0 Å². The Balaban J connectivity index is 1.61. The van der Waals surface area contributed by atoms with Gasteiger partial charge in [0, 0.05) is 25.0 Å². The molecule has 0 spiro atoms. The molecule has 0 aromatic heterocycles. The molecule has 6 heteroatoms. The third kappa shape index (κ3) is 4.45. The molecule has 0 saturated carbocycles. The van der Waals surface area contributed by atoms with E-state index in [1.165, 1.54) is 9.87 Å². The van der Waals surface area contributed by atoms with Gasteiger partial charge in [-0.15, -0.1) is 0 Å². The first-order valence-electron chi connectivity index (χ1n) is 9.61. The molecule has 1 saturated heterocycles. The molecule has 1 fully saturated rings. The zero-order valence-corrected chi connectivity index (χ0v) is 17.6. The molecule has 0 aliphatic carbocycles. The lowest BCUT2D eigenvalue weighted by Crippen LogP contribution is -2.48. The van der Waals surface area contributed by atoms with Gasteiger partial charge in [-0.2, -0.15) is 4.31 Å². The molecular formula is C22H28N2O3S. The smallest absolute Gasteiger partial charge is 0.243 e. The van der Waals surface area contributed by atoms with Gasteiger partial charge in [0.2, 0.25) is 15.9 Å². The fourth-order valence-corrected chi connectivity index (χ4v) is 5.02. The summed E-state index contributed by atoms with van der Waals surface area (Å²) >= 11 is 0. The Morgan fingerprint density at radius 3 is 2.29 bits per heavy atom. The van der Waals surface area contributed by atoms with Gasteiger partial charge in [-0.1, -0.05) is 48.9 Å². The Kier molecular flexibility index (Phi) is 5.91. The SMILES string of the molecule is Cc1ccc(CNC(=O)C2(C)CCN(S(=O)(=O)c3cccc(C)c3)CC2)cc1. The molecule has 150 valence electrons. The summed E-state index contributed by atoms with van der Waals surface area (Å²) < 4.78 is 27.3. The highest BCUT2D eigenvalue weighted by Crippen LogP contribution is 2.33. The van der Waals surface area contributed by atoms with Crippen molar-refractivity contribution < 1.29 is 13.2 Å². The van der Waals surface area contributed by atoms with E-state index in [4.69, 9.17) is 0 Å². The second-order valence-electron chi connectivity index (χ2n) is 7.95. The fourth-order valence-electron chi connectivity index (χ4n) is 3.47. The standard InChI is InChI=1S/C22H28N2O3S/c1-17-7-9-19(10-8-17)16-23-21(25)22(3)11-13-24(14-12-22)28(26,27)20-6-4-5-18(2)15-20/h4-10,15H,11-14,16H2,1-3H3,(H,23,25). The topological polar surface area (TPSA) is 66.5 Å². The molecule has 1 N–H and O–H groups in total. The molecule has 28 heavy (non-hydrogen) atoms. The number of carbonyl (C=O) groups excluding carboxylic acids is 1. The number of carbonyl (C=O) groups is 1. The summed E-state index contributed by atoms with van der Waals surface area (Å²) in [5, 5.41) is 3.01. The van der Waals surface area contributed by atoms with Crippen LogP contribution in [0.3, 0.4) is 0 Å². The van der Waals surface area contributed by atoms with E-state index >= 15 is 0 Å². The molecular weight excluding hydrogens is 372 g/mol. The number of piperidine rings is 1. The normalized spacial score (nSPS) is 17.2. The number of sulfonamides is 1. The van der Waals surface area contributed by atoms with Crippen LogP contribution in [0.25, 0.3) is 0 Å².